The summed E-state index contributed by atoms with van der Waals surface area (Å²) in [5.74, 6) is -0.0497. The fraction of sp³-hybridized carbons (Fsp3) is 0.579. The van der Waals surface area contributed by atoms with Crippen LogP contribution in [-0.2, 0) is 26.3 Å². The van der Waals surface area contributed by atoms with Crippen molar-refractivity contribution in [2.75, 3.05) is 5.75 Å². The van der Waals surface area contributed by atoms with Crippen LogP contribution in [0.25, 0.3) is 0 Å². The lowest BCUT2D eigenvalue weighted by Gasteiger charge is -2.36. The van der Waals surface area contributed by atoms with E-state index in [1.54, 1.807) is 0 Å². The zero-order valence-corrected chi connectivity index (χ0v) is 15.9. The molecule has 1 spiro atoms. The quantitative estimate of drug-likeness (QED) is 0.598. The van der Waals surface area contributed by atoms with E-state index in [2.05, 4.69) is 19.0 Å². The molecule has 0 radical (unpaired) electrons. The van der Waals surface area contributed by atoms with E-state index in [9.17, 15) is 13.2 Å². The van der Waals surface area contributed by atoms with Gasteiger partial charge in [-0.3, -0.25) is 4.79 Å². The van der Waals surface area contributed by atoms with Crippen LogP contribution in [-0.4, -0.2) is 36.6 Å². The molecule has 1 saturated heterocycles. The Balaban J connectivity index is 1.49. The molecule has 3 aliphatic rings. The molecule has 3 fully saturated rings. The third-order valence-corrected chi connectivity index (χ3v) is 8.85. The number of hydrogen-bond donors (Lipinski definition) is 0. The highest BCUT2D eigenvalue weighted by atomic mass is 32.2. The van der Waals surface area contributed by atoms with Crippen molar-refractivity contribution < 1.29 is 18.0 Å². The zero-order chi connectivity index (χ0) is 18.6. The van der Waals surface area contributed by atoms with Crippen LogP contribution < -0.4 is 0 Å². The largest absolute Gasteiger partial charge is 0.391 e. The van der Waals surface area contributed by atoms with Crippen molar-refractivity contribution in [1.82, 2.24) is 4.31 Å². The second-order valence-corrected chi connectivity index (χ2v) is 10.1. The molecule has 1 aromatic carbocycles. The van der Waals surface area contributed by atoms with Crippen LogP contribution in [0, 0.1) is 16.7 Å². The fourth-order valence-corrected chi connectivity index (χ4v) is 7.90. The van der Waals surface area contributed by atoms with Crippen LogP contribution in [0.4, 0.5) is 0 Å². The van der Waals surface area contributed by atoms with E-state index in [0.29, 0.717) is 5.92 Å². The van der Waals surface area contributed by atoms with Crippen molar-refractivity contribution in [2.24, 2.45) is 21.9 Å². The van der Waals surface area contributed by atoms with Crippen molar-refractivity contribution >= 4 is 22.1 Å². The van der Waals surface area contributed by atoms with Gasteiger partial charge < -0.3 is 4.84 Å². The molecule has 7 heteroatoms. The van der Waals surface area contributed by atoms with Gasteiger partial charge in [0.15, 0.2) is 0 Å². The average molecular weight is 376 g/mol. The minimum Gasteiger partial charge on any atom is -0.391 e. The van der Waals surface area contributed by atoms with Gasteiger partial charge in [-0.25, -0.2) is 12.7 Å². The van der Waals surface area contributed by atoms with Gasteiger partial charge in [-0.2, -0.15) is 0 Å². The minimum atomic E-state index is -3.61. The van der Waals surface area contributed by atoms with Gasteiger partial charge >= 0.3 is 0 Å². The second kappa shape index (κ2) is 5.81. The molecular weight excluding hydrogens is 352 g/mol. The first-order valence-electron chi connectivity index (χ1n) is 9.03. The van der Waals surface area contributed by atoms with Crippen LogP contribution in [0.3, 0.4) is 0 Å². The SMILES string of the molecule is CC1(C)C2CC[C@@]13CS(=O)(=O)N(C(=O)/C=N/OCc1ccccc1)C3C2. The summed E-state index contributed by atoms with van der Waals surface area (Å²) in [6, 6.07) is 9.23. The standard InChI is InChI=1S/C19H24N2O4S/c1-18(2)15-8-9-19(18)13-26(23,24)21(16(19)10-15)17(22)11-20-25-12-14-6-4-3-5-7-14/h3-7,11,15-16H,8-10,12-13H2,1-2H3/b20-11+/t15?,16?,19-/m0/s1. The number of hydrogen-bond acceptors (Lipinski definition) is 5. The summed E-state index contributed by atoms with van der Waals surface area (Å²) in [6.45, 7) is 4.55. The van der Waals surface area contributed by atoms with Crippen molar-refractivity contribution in [2.45, 2.75) is 45.8 Å². The molecule has 140 valence electrons. The van der Waals surface area contributed by atoms with Gasteiger partial charge in [-0.1, -0.05) is 49.3 Å². The van der Waals surface area contributed by atoms with Gasteiger partial charge in [-0.15, -0.1) is 0 Å². The molecular formula is C19H24N2O4S. The highest BCUT2D eigenvalue weighted by Gasteiger charge is 2.72. The van der Waals surface area contributed by atoms with Gasteiger partial charge in [-0.05, 0) is 36.2 Å². The van der Waals surface area contributed by atoms with Gasteiger partial charge in [0.05, 0.1) is 11.8 Å². The van der Waals surface area contributed by atoms with Crippen LogP contribution in [0.5, 0.6) is 0 Å². The lowest BCUT2D eigenvalue weighted by atomic mass is 9.69. The summed E-state index contributed by atoms with van der Waals surface area (Å²) in [6.07, 6.45) is 3.69. The summed E-state index contributed by atoms with van der Waals surface area (Å²) in [5.41, 5.74) is 0.561. The van der Waals surface area contributed by atoms with E-state index in [1.807, 2.05) is 30.3 Å². The number of amides is 1. The van der Waals surface area contributed by atoms with Crippen LogP contribution >= 0.6 is 0 Å². The van der Waals surface area contributed by atoms with Crippen LogP contribution in [0.2, 0.25) is 0 Å². The van der Waals surface area contributed by atoms with Crippen molar-refractivity contribution in [3.05, 3.63) is 35.9 Å². The van der Waals surface area contributed by atoms with E-state index >= 15 is 0 Å². The number of carbonyl (C=O) groups is 1. The molecule has 26 heavy (non-hydrogen) atoms. The summed E-state index contributed by atoms with van der Waals surface area (Å²) in [7, 11) is -3.61. The maximum absolute atomic E-state index is 12.7. The molecule has 1 heterocycles. The Morgan fingerprint density at radius 2 is 2.08 bits per heavy atom. The van der Waals surface area contributed by atoms with Crippen LogP contribution in [0.1, 0.15) is 38.7 Å². The van der Waals surface area contributed by atoms with E-state index in [-0.39, 0.29) is 29.2 Å². The second-order valence-electron chi connectivity index (χ2n) is 8.25. The molecule has 6 nitrogen and oxygen atoms in total. The fourth-order valence-electron chi connectivity index (χ4n) is 5.40. The zero-order valence-electron chi connectivity index (χ0n) is 15.1. The molecule has 1 aromatic rings. The van der Waals surface area contributed by atoms with Crippen molar-refractivity contribution in [1.29, 1.82) is 0 Å². The number of fused-ring (bicyclic) bond motifs is 1. The Morgan fingerprint density at radius 1 is 1.35 bits per heavy atom. The first kappa shape index (κ1) is 17.5. The Hall–Kier alpha value is -1.89. The molecule has 2 bridgehead atoms. The topological polar surface area (TPSA) is 76.0 Å². The number of benzene rings is 1. The summed E-state index contributed by atoms with van der Waals surface area (Å²) in [4.78, 5) is 17.8. The molecule has 1 amide bonds. The molecule has 2 saturated carbocycles. The first-order valence-corrected chi connectivity index (χ1v) is 10.6. The van der Waals surface area contributed by atoms with E-state index in [0.717, 1.165) is 35.3 Å². The Labute approximate surface area is 154 Å². The third kappa shape index (κ3) is 2.40. The first-order chi connectivity index (χ1) is 12.3. The van der Waals surface area contributed by atoms with E-state index in [4.69, 9.17) is 4.84 Å². The number of sulfonamides is 1. The summed E-state index contributed by atoms with van der Waals surface area (Å²) < 4.78 is 26.6. The third-order valence-electron chi connectivity index (χ3n) is 6.94. The number of rotatable bonds is 4. The molecule has 4 rings (SSSR count). The highest BCUT2D eigenvalue weighted by molar-refractivity contribution is 7.90. The van der Waals surface area contributed by atoms with E-state index < -0.39 is 15.9 Å². The Kier molecular flexibility index (Phi) is 3.91. The molecule has 1 aliphatic heterocycles. The van der Waals surface area contributed by atoms with Gasteiger partial charge in [0.1, 0.15) is 12.8 Å². The number of nitrogens with zero attached hydrogens (tertiary/aromatic N) is 2. The lowest BCUT2D eigenvalue weighted by molar-refractivity contribution is -0.121. The Bertz CT molecular complexity index is 850. The van der Waals surface area contributed by atoms with Crippen LogP contribution in [0.15, 0.2) is 35.5 Å². The van der Waals surface area contributed by atoms with Gasteiger partial charge in [0.2, 0.25) is 10.0 Å². The number of oxime groups is 1. The average Bonchev–Trinajstić information content (AvgIpc) is 3.07. The number of carbonyl (C=O) groups excluding carboxylic acids is 1. The summed E-state index contributed by atoms with van der Waals surface area (Å²) >= 11 is 0. The molecule has 2 unspecified atom stereocenters. The molecule has 0 aromatic heterocycles. The predicted molar refractivity (Wildman–Crippen MR) is 97.7 cm³/mol. The van der Waals surface area contributed by atoms with Crippen molar-refractivity contribution in [3.63, 3.8) is 0 Å². The maximum atomic E-state index is 12.7. The monoisotopic (exact) mass is 376 g/mol. The van der Waals surface area contributed by atoms with Gasteiger partial charge in [0, 0.05) is 5.41 Å². The van der Waals surface area contributed by atoms with Gasteiger partial charge in [0.25, 0.3) is 5.91 Å². The normalized spacial score (nSPS) is 33.5. The predicted octanol–water partition coefficient (Wildman–Crippen LogP) is 2.56. The smallest absolute Gasteiger partial charge is 0.282 e. The Morgan fingerprint density at radius 3 is 2.77 bits per heavy atom. The molecule has 2 aliphatic carbocycles. The minimum absolute atomic E-state index is 0.0548. The summed E-state index contributed by atoms with van der Waals surface area (Å²) in [5, 5.41) is 3.71. The van der Waals surface area contributed by atoms with E-state index in [1.165, 1.54) is 0 Å². The maximum Gasteiger partial charge on any atom is 0.282 e. The van der Waals surface area contributed by atoms with Crippen molar-refractivity contribution in [3.8, 4) is 0 Å². The highest BCUT2D eigenvalue weighted by Crippen LogP contribution is 2.69. The molecule has 0 N–H and O–H groups in total. The molecule has 3 atom stereocenters. The lowest BCUT2D eigenvalue weighted by Crippen LogP contribution is -2.44.